The number of ether oxygens (including phenoxy) is 1. The molecule has 0 atom stereocenters. The van der Waals surface area contributed by atoms with Crippen LogP contribution in [-0.4, -0.2) is 60.8 Å². The largest absolute Gasteiger partial charge is 0.379 e. The molecule has 1 aromatic heterocycles. The molecule has 1 saturated heterocycles. The van der Waals surface area contributed by atoms with E-state index < -0.39 is 0 Å². The van der Waals surface area contributed by atoms with Gasteiger partial charge < -0.3 is 15.8 Å². The summed E-state index contributed by atoms with van der Waals surface area (Å²) in [5.74, 6) is 1.70. The summed E-state index contributed by atoms with van der Waals surface area (Å²) in [6.07, 6.45) is 1.90. The summed E-state index contributed by atoms with van der Waals surface area (Å²) in [6.45, 7) is 8.39. The van der Waals surface area contributed by atoms with E-state index in [-0.39, 0.29) is 0 Å². The number of nitrogens with two attached hydrogens (primary N) is 1. The first-order chi connectivity index (χ1) is 9.78. The maximum absolute atomic E-state index is 5.57. The van der Waals surface area contributed by atoms with E-state index in [4.69, 9.17) is 10.5 Å². The van der Waals surface area contributed by atoms with Gasteiger partial charge in [0.15, 0.2) is 0 Å². The van der Waals surface area contributed by atoms with Gasteiger partial charge in [-0.05, 0) is 26.4 Å². The summed E-state index contributed by atoms with van der Waals surface area (Å²) >= 11 is 0. The molecule has 0 aromatic carbocycles. The van der Waals surface area contributed by atoms with Crippen molar-refractivity contribution in [1.82, 2.24) is 14.9 Å². The second kappa shape index (κ2) is 8.14. The van der Waals surface area contributed by atoms with Gasteiger partial charge in [0.2, 0.25) is 0 Å². The standard InChI is InChI=1S/C14H25N5O/c1-12-17-13(3-4-15)11-14(18-12)16-5-2-6-19-7-9-20-10-8-19/h11H,2-10,15H2,1H3,(H,16,17,18). The zero-order chi connectivity index (χ0) is 14.2. The first-order valence-electron chi connectivity index (χ1n) is 7.36. The number of anilines is 1. The molecule has 2 rings (SSSR count). The van der Waals surface area contributed by atoms with Crippen molar-refractivity contribution in [3.05, 3.63) is 17.6 Å². The number of nitrogens with one attached hydrogen (secondary N) is 1. The zero-order valence-corrected chi connectivity index (χ0v) is 12.3. The van der Waals surface area contributed by atoms with E-state index in [0.717, 1.165) is 69.6 Å². The Morgan fingerprint density at radius 3 is 2.90 bits per heavy atom. The van der Waals surface area contributed by atoms with Crippen LogP contribution in [-0.2, 0) is 11.2 Å². The Bertz CT molecular complexity index is 407. The lowest BCUT2D eigenvalue weighted by atomic mass is 10.3. The lowest BCUT2D eigenvalue weighted by Crippen LogP contribution is -2.37. The van der Waals surface area contributed by atoms with Gasteiger partial charge in [-0.2, -0.15) is 0 Å². The van der Waals surface area contributed by atoms with Crippen molar-refractivity contribution in [1.29, 1.82) is 0 Å². The van der Waals surface area contributed by atoms with Crippen molar-refractivity contribution in [2.75, 3.05) is 51.3 Å². The maximum atomic E-state index is 5.57. The molecule has 0 saturated carbocycles. The van der Waals surface area contributed by atoms with Crippen molar-refractivity contribution >= 4 is 5.82 Å². The van der Waals surface area contributed by atoms with Gasteiger partial charge in [0.25, 0.3) is 0 Å². The quantitative estimate of drug-likeness (QED) is 0.705. The van der Waals surface area contributed by atoms with Crippen LogP contribution in [0.15, 0.2) is 6.07 Å². The van der Waals surface area contributed by atoms with Gasteiger partial charge >= 0.3 is 0 Å². The highest BCUT2D eigenvalue weighted by Gasteiger charge is 2.09. The fourth-order valence-corrected chi connectivity index (χ4v) is 2.34. The summed E-state index contributed by atoms with van der Waals surface area (Å²) < 4.78 is 5.34. The molecule has 1 fully saturated rings. The first-order valence-corrected chi connectivity index (χ1v) is 7.36. The lowest BCUT2D eigenvalue weighted by Gasteiger charge is -2.26. The average Bonchev–Trinajstić information content (AvgIpc) is 2.45. The normalized spacial score (nSPS) is 16.3. The van der Waals surface area contributed by atoms with Crippen molar-refractivity contribution in [3.63, 3.8) is 0 Å². The number of rotatable bonds is 7. The van der Waals surface area contributed by atoms with E-state index in [2.05, 4.69) is 20.2 Å². The van der Waals surface area contributed by atoms with Crippen LogP contribution in [0.1, 0.15) is 17.9 Å². The summed E-state index contributed by atoms with van der Waals surface area (Å²) in [5, 5.41) is 3.37. The first kappa shape index (κ1) is 15.2. The molecule has 1 aliphatic rings. The Morgan fingerprint density at radius 2 is 2.15 bits per heavy atom. The Kier molecular flexibility index (Phi) is 6.17. The highest BCUT2D eigenvalue weighted by atomic mass is 16.5. The van der Waals surface area contributed by atoms with Crippen molar-refractivity contribution < 1.29 is 4.74 Å². The Morgan fingerprint density at radius 1 is 1.35 bits per heavy atom. The van der Waals surface area contributed by atoms with Crippen molar-refractivity contribution in [3.8, 4) is 0 Å². The summed E-state index contributed by atoms with van der Waals surface area (Å²) in [6, 6.07) is 1.99. The molecule has 0 amide bonds. The van der Waals surface area contributed by atoms with Gasteiger partial charge in [-0.25, -0.2) is 9.97 Å². The van der Waals surface area contributed by atoms with Gasteiger partial charge in [-0.1, -0.05) is 0 Å². The average molecular weight is 279 g/mol. The molecule has 20 heavy (non-hydrogen) atoms. The van der Waals surface area contributed by atoms with Gasteiger partial charge in [-0.3, -0.25) is 4.90 Å². The predicted octanol–water partition coefficient (Wildman–Crippen LogP) is 0.420. The molecule has 1 aliphatic heterocycles. The second-order valence-corrected chi connectivity index (χ2v) is 5.06. The van der Waals surface area contributed by atoms with Gasteiger partial charge in [0, 0.05) is 37.8 Å². The molecule has 1 aromatic rings. The minimum atomic E-state index is 0.618. The van der Waals surface area contributed by atoms with Crippen LogP contribution in [0.25, 0.3) is 0 Å². The van der Waals surface area contributed by atoms with E-state index in [1.54, 1.807) is 0 Å². The summed E-state index contributed by atoms with van der Waals surface area (Å²) in [4.78, 5) is 11.2. The molecule has 0 aliphatic carbocycles. The summed E-state index contributed by atoms with van der Waals surface area (Å²) in [5.41, 5.74) is 6.58. The molecular weight excluding hydrogens is 254 g/mol. The van der Waals surface area contributed by atoms with Crippen LogP contribution in [0.3, 0.4) is 0 Å². The number of aromatic nitrogens is 2. The van der Waals surface area contributed by atoms with Crippen LogP contribution in [0.2, 0.25) is 0 Å². The number of aryl methyl sites for hydroxylation is 1. The molecule has 0 spiro atoms. The molecule has 0 bridgehead atoms. The molecule has 6 nitrogen and oxygen atoms in total. The van der Waals surface area contributed by atoms with Gasteiger partial charge in [0.1, 0.15) is 11.6 Å². The monoisotopic (exact) mass is 279 g/mol. The van der Waals surface area contributed by atoms with E-state index in [1.807, 2.05) is 13.0 Å². The molecule has 2 heterocycles. The van der Waals surface area contributed by atoms with E-state index in [1.165, 1.54) is 0 Å². The predicted molar refractivity (Wildman–Crippen MR) is 79.9 cm³/mol. The van der Waals surface area contributed by atoms with Crippen LogP contribution in [0.4, 0.5) is 5.82 Å². The fourth-order valence-electron chi connectivity index (χ4n) is 2.34. The SMILES string of the molecule is Cc1nc(CCN)cc(NCCCN2CCOCC2)n1. The minimum absolute atomic E-state index is 0.618. The Labute approximate surface area is 120 Å². The highest BCUT2D eigenvalue weighted by molar-refractivity contribution is 5.36. The lowest BCUT2D eigenvalue weighted by molar-refractivity contribution is 0.0378. The summed E-state index contributed by atoms with van der Waals surface area (Å²) in [7, 11) is 0. The van der Waals surface area contributed by atoms with Crippen molar-refractivity contribution in [2.24, 2.45) is 5.73 Å². The zero-order valence-electron chi connectivity index (χ0n) is 12.3. The number of nitrogens with zero attached hydrogens (tertiary/aromatic N) is 3. The molecule has 0 unspecified atom stereocenters. The topological polar surface area (TPSA) is 76.3 Å². The molecule has 112 valence electrons. The van der Waals surface area contributed by atoms with Crippen LogP contribution >= 0.6 is 0 Å². The smallest absolute Gasteiger partial charge is 0.129 e. The number of morpholine rings is 1. The maximum Gasteiger partial charge on any atom is 0.129 e. The molecule has 3 N–H and O–H groups in total. The third-order valence-electron chi connectivity index (χ3n) is 3.35. The van der Waals surface area contributed by atoms with E-state index in [0.29, 0.717) is 6.54 Å². The van der Waals surface area contributed by atoms with Gasteiger partial charge in [-0.15, -0.1) is 0 Å². The van der Waals surface area contributed by atoms with Crippen LogP contribution < -0.4 is 11.1 Å². The number of hydrogen-bond acceptors (Lipinski definition) is 6. The third-order valence-corrected chi connectivity index (χ3v) is 3.35. The second-order valence-electron chi connectivity index (χ2n) is 5.06. The fraction of sp³-hybridized carbons (Fsp3) is 0.714. The minimum Gasteiger partial charge on any atom is -0.379 e. The van der Waals surface area contributed by atoms with Crippen molar-refractivity contribution in [2.45, 2.75) is 19.8 Å². The van der Waals surface area contributed by atoms with Crippen LogP contribution in [0.5, 0.6) is 0 Å². The molecule has 6 heteroatoms. The third kappa shape index (κ3) is 5.03. The molecule has 0 radical (unpaired) electrons. The van der Waals surface area contributed by atoms with E-state index >= 15 is 0 Å². The van der Waals surface area contributed by atoms with E-state index in [9.17, 15) is 0 Å². The van der Waals surface area contributed by atoms with Gasteiger partial charge in [0.05, 0.1) is 13.2 Å². The highest BCUT2D eigenvalue weighted by Crippen LogP contribution is 2.07. The van der Waals surface area contributed by atoms with Crippen LogP contribution in [0, 0.1) is 6.92 Å². The Balaban J connectivity index is 1.72. The number of hydrogen-bond donors (Lipinski definition) is 2. The Hall–Kier alpha value is -1.24. The molecular formula is C14H25N5O.